The monoisotopic (exact) mass is 290 g/mol. The van der Waals surface area contributed by atoms with E-state index in [1.165, 1.54) is 5.56 Å². The molecule has 0 amide bonds. The van der Waals surface area contributed by atoms with Crippen LogP contribution in [-0.2, 0) is 17.9 Å². The molecule has 0 aliphatic heterocycles. The van der Waals surface area contributed by atoms with Crippen LogP contribution < -0.4 is 10.1 Å². The van der Waals surface area contributed by atoms with Gasteiger partial charge in [-0.05, 0) is 31.5 Å². The van der Waals surface area contributed by atoms with Crippen molar-refractivity contribution in [3.05, 3.63) is 46.8 Å². The molecule has 2 rings (SSSR count). The molecule has 0 unspecified atom stereocenters. The molecule has 0 atom stereocenters. The molecule has 0 fully saturated rings. The predicted octanol–water partition coefficient (Wildman–Crippen LogP) is 2.61. The Morgan fingerprint density at radius 3 is 2.57 bits per heavy atom. The van der Waals surface area contributed by atoms with Gasteiger partial charge < -0.3 is 19.3 Å². The van der Waals surface area contributed by atoms with Gasteiger partial charge in [-0.25, -0.2) is 0 Å². The molecule has 0 aliphatic carbocycles. The van der Waals surface area contributed by atoms with E-state index in [4.69, 9.17) is 14.0 Å². The van der Waals surface area contributed by atoms with Gasteiger partial charge in [0, 0.05) is 20.2 Å². The van der Waals surface area contributed by atoms with Gasteiger partial charge in [0.05, 0.1) is 17.9 Å². The first-order valence-corrected chi connectivity index (χ1v) is 7.04. The summed E-state index contributed by atoms with van der Waals surface area (Å²) in [4.78, 5) is 0. The van der Waals surface area contributed by atoms with Crippen molar-refractivity contribution < 1.29 is 14.0 Å². The van der Waals surface area contributed by atoms with E-state index < -0.39 is 0 Å². The van der Waals surface area contributed by atoms with Crippen molar-refractivity contribution in [2.24, 2.45) is 0 Å². The van der Waals surface area contributed by atoms with Gasteiger partial charge in [-0.3, -0.25) is 0 Å². The van der Waals surface area contributed by atoms with Crippen molar-refractivity contribution in [2.75, 3.05) is 20.3 Å². The van der Waals surface area contributed by atoms with Gasteiger partial charge in [-0.15, -0.1) is 0 Å². The molecule has 1 aromatic heterocycles. The second-order valence-electron chi connectivity index (χ2n) is 4.90. The number of rotatable bonds is 8. The standard InChI is InChI=1S/C16H22N2O3/c1-12-16(13(2)21-18-12)11-20-15-6-4-14(5-7-15)10-17-8-9-19-3/h4-7,17H,8-11H2,1-3H3. The highest BCUT2D eigenvalue weighted by molar-refractivity contribution is 5.28. The number of hydrogen-bond donors (Lipinski definition) is 1. The summed E-state index contributed by atoms with van der Waals surface area (Å²) in [5.41, 5.74) is 3.11. The van der Waals surface area contributed by atoms with Crippen LogP contribution in [0.5, 0.6) is 5.75 Å². The summed E-state index contributed by atoms with van der Waals surface area (Å²) in [5.74, 6) is 1.65. The molecule has 0 aliphatic rings. The fourth-order valence-electron chi connectivity index (χ4n) is 1.97. The van der Waals surface area contributed by atoms with Crippen molar-refractivity contribution in [3.8, 4) is 5.75 Å². The molecular formula is C16H22N2O3. The molecule has 0 saturated heterocycles. The van der Waals surface area contributed by atoms with Gasteiger partial charge in [0.1, 0.15) is 18.1 Å². The van der Waals surface area contributed by atoms with E-state index in [-0.39, 0.29) is 0 Å². The first kappa shape index (κ1) is 15.5. The Morgan fingerprint density at radius 2 is 1.95 bits per heavy atom. The largest absolute Gasteiger partial charge is 0.489 e. The molecule has 5 heteroatoms. The van der Waals surface area contributed by atoms with Crippen LogP contribution in [0.4, 0.5) is 0 Å². The molecule has 5 nitrogen and oxygen atoms in total. The lowest BCUT2D eigenvalue weighted by atomic mass is 10.2. The highest BCUT2D eigenvalue weighted by Crippen LogP contribution is 2.17. The molecule has 0 bridgehead atoms. The maximum Gasteiger partial charge on any atom is 0.140 e. The average Bonchev–Trinajstić information content (AvgIpc) is 2.82. The fraction of sp³-hybridized carbons (Fsp3) is 0.438. The Balaban J connectivity index is 1.82. The number of methoxy groups -OCH3 is 1. The third-order valence-corrected chi connectivity index (χ3v) is 3.30. The van der Waals surface area contributed by atoms with Crippen LogP contribution in [0.25, 0.3) is 0 Å². The number of hydrogen-bond acceptors (Lipinski definition) is 5. The third kappa shape index (κ3) is 4.58. The Morgan fingerprint density at radius 1 is 1.19 bits per heavy atom. The Hall–Kier alpha value is -1.85. The second-order valence-corrected chi connectivity index (χ2v) is 4.90. The number of nitrogens with one attached hydrogen (secondary N) is 1. The van der Waals surface area contributed by atoms with Gasteiger partial charge >= 0.3 is 0 Å². The first-order chi connectivity index (χ1) is 10.2. The van der Waals surface area contributed by atoms with Crippen LogP contribution >= 0.6 is 0 Å². The SMILES string of the molecule is COCCNCc1ccc(OCc2c(C)noc2C)cc1. The van der Waals surface area contributed by atoms with Crippen LogP contribution in [0, 0.1) is 13.8 Å². The number of nitrogens with zero attached hydrogens (tertiary/aromatic N) is 1. The number of aromatic nitrogens is 1. The van der Waals surface area contributed by atoms with E-state index in [9.17, 15) is 0 Å². The second kappa shape index (κ2) is 7.81. The molecule has 1 N–H and O–H groups in total. The minimum Gasteiger partial charge on any atom is -0.489 e. The molecule has 0 saturated carbocycles. The van der Waals surface area contributed by atoms with Crippen molar-refractivity contribution in [1.82, 2.24) is 10.5 Å². The lowest BCUT2D eigenvalue weighted by molar-refractivity contribution is 0.199. The lowest BCUT2D eigenvalue weighted by Crippen LogP contribution is -2.18. The third-order valence-electron chi connectivity index (χ3n) is 3.30. The molecular weight excluding hydrogens is 268 g/mol. The summed E-state index contributed by atoms with van der Waals surface area (Å²) in [6.07, 6.45) is 0. The van der Waals surface area contributed by atoms with E-state index in [1.807, 2.05) is 26.0 Å². The summed E-state index contributed by atoms with van der Waals surface area (Å²) < 4.78 is 15.9. The van der Waals surface area contributed by atoms with Gasteiger partial charge in [0.25, 0.3) is 0 Å². The van der Waals surface area contributed by atoms with Crippen molar-refractivity contribution in [2.45, 2.75) is 27.0 Å². The summed E-state index contributed by atoms with van der Waals surface area (Å²) >= 11 is 0. The van der Waals surface area contributed by atoms with Gasteiger partial charge in [0.2, 0.25) is 0 Å². The predicted molar refractivity (Wildman–Crippen MR) is 80.3 cm³/mol. The highest BCUT2D eigenvalue weighted by Gasteiger charge is 2.09. The zero-order chi connectivity index (χ0) is 15.1. The zero-order valence-electron chi connectivity index (χ0n) is 12.8. The maximum atomic E-state index is 5.77. The van der Waals surface area contributed by atoms with Crippen LogP contribution in [0.1, 0.15) is 22.6 Å². The van der Waals surface area contributed by atoms with Gasteiger partial charge in [0.15, 0.2) is 0 Å². The van der Waals surface area contributed by atoms with E-state index in [0.717, 1.165) is 42.5 Å². The molecule has 21 heavy (non-hydrogen) atoms. The zero-order valence-corrected chi connectivity index (χ0v) is 12.8. The first-order valence-electron chi connectivity index (χ1n) is 7.04. The number of aryl methyl sites for hydroxylation is 2. The number of ether oxygens (including phenoxy) is 2. The smallest absolute Gasteiger partial charge is 0.140 e. The maximum absolute atomic E-state index is 5.77. The Kier molecular flexibility index (Phi) is 5.78. The fourth-order valence-corrected chi connectivity index (χ4v) is 1.97. The molecule has 114 valence electrons. The Bertz CT molecular complexity index is 530. The van der Waals surface area contributed by atoms with E-state index in [2.05, 4.69) is 22.6 Å². The number of benzene rings is 1. The van der Waals surface area contributed by atoms with Gasteiger partial charge in [-0.1, -0.05) is 17.3 Å². The van der Waals surface area contributed by atoms with Crippen LogP contribution in [0.3, 0.4) is 0 Å². The normalized spacial score (nSPS) is 10.8. The van der Waals surface area contributed by atoms with Crippen molar-refractivity contribution in [3.63, 3.8) is 0 Å². The van der Waals surface area contributed by atoms with E-state index >= 15 is 0 Å². The van der Waals surface area contributed by atoms with Crippen molar-refractivity contribution in [1.29, 1.82) is 0 Å². The Labute approximate surface area is 125 Å². The van der Waals surface area contributed by atoms with Crippen molar-refractivity contribution >= 4 is 0 Å². The van der Waals surface area contributed by atoms with Crippen LogP contribution in [-0.4, -0.2) is 25.4 Å². The lowest BCUT2D eigenvalue weighted by Gasteiger charge is -2.08. The molecule has 1 heterocycles. The average molecular weight is 290 g/mol. The minimum atomic E-state index is 0.479. The highest BCUT2D eigenvalue weighted by atomic mass is 16.5. The summed E-state index contributed by atoms with van der Waals surface area (Å²) in [6, 6.07) is 8.07. The summed E-state index contributed by atoms with van der Waals surface area (Å²) in [7, 11) is 1.70. The minimum absolute atomic E-state index is 0.479. The molecule has 0 spiro atoms. The van der Waals surface area contributed by atoms with Gasteiger partial charge in [-0.2, -0.15) is 0 Å². The molecule has 2 aromatic rings. The van der Waals surface area contributed by atoms with Crippen LogP contribution in [0.15, 0.2) is 28.8 Å². The van der Waals surface area contributed by atoms with E-state index in [1.54, 1.807) is 7.11 Å². The molecule has 0 radical (unpaired) electrons. The van der Waals surface area contributed by atoms with Crippen LogP contribution in [0.2, 0.25) is 0 Å². The topological polar surface area (TPSA) is 56.5 Å². The molecule has 1 aromatic carbocycles. The summed E-state index contributed by atoms with van der Waals surface area (Å²) in [6.45, 7) is 6.69. The quantitative estimate of drug-likeness (QED) is 0.757. The summed E-state index contributed by atoms with van der Waals surface area (Å²) in [5, 5.41) is 7.22. The van der Waals surface area contributed by atoms with E-state index in [0.29, 0.717) is 6.61 Å².